The second-order valence-electron chi connectivity index (χ2n) is 12.0. The molecular weight excluding hydrogens is 663 g/mol. The summed E-state index contributed by atoms with van der Waals surface area (Å²) in [6, 6.07) is 7.83. The minimum absolute atomic E-state index is 0.00370. The molecule has 2 fully saturated rings. The van der Waals surface area contributed by atoms with Crippen molar-refractivity contribution in [2.45, 2.75) is 45.1 Å². The van der Waals surface area contributed by atoms with Gasteiger partial charge in [-0.15, -0.1) is 0 Å². The third-order valence-corrected chi connectivity index (χ3v) is 8.64. The van der Waals surface area contributed by atoms with Crippen molar-refractivity contribution in [3.05, 3.63) is 69.2 Å². The number of amides is 4. The van der Waals surface area contributed by atoms with Crippen LogP contribution >= 0.6 is 23.4 Å². The molecule has 47 heavy (non-hydrogen) atoms. The van der Waals surface area contributed by atoms with Crippen LogP contribution in [0.4, 0.5) is 22.8 Å². The number of nitrogens with zero attached hydrogens (tertiary/aromatic N) is 5. The van der Waals surface area contributed by atoms with Crippen LogP contribution in [-0.4, -0.2) is 97.2 Å². The number of aliphatic hydroxyl groups excluding tert-OH is 1. The van der Waals surface area contributed by atoms with Gasteiger partial charge in [-0.25, -0.2) is 4.79 Å². The molecule has 0 spiro atoms. The number of aromatic nitrogens is 2. The Kier molecular flexibility index (Phi) is 9.62. The molecule has 5 rings (SSSR count). The number of imide groups is 1. The first kappa shape index (κ1) is 34.3. The SMILES string of the molecule is CC(C)(C)OC(=O)N1CCN(C(=O)CN2C(=O)SC(=Cc3ccc4c(cnn4Cc4ccc(Cl)cc4C(F)(F)F)c3)C2=O)C[C@@H]1CO. The van der Waals surface area contributed by atoms with Crippen LogP contribution in [0.3, 0.4) is 0 Å². The summed E-state index contributed by atoms with van der Waals surface area (Å²) in [6.07, 6.45) is -2.22. The Bertz CT molecular complexity index is 1770. The van der Waals surface area contributed by atoms with Gasteiger partial charge in [0.2, 0.25) is 5.91 Å². The standard InChI is InChI=1S/C31H31ClF3N5O6S/c1-30(2,3)46-28(44)38-9-8-37(15-22(38)17-41)26(42)16-39-27(43)25(47-29(39)45)11-18-4-7-24-20(10-18)13-36-40(24)14-19-5-6-21(32)12-23(19)31(33,34)35/h4-7,10-13,22,41H,8-9,14-17H2,1-3H3/t22-/m1/s1. The van der Waals surface area contributed by atoms with Crippen molar-refractivity contribution in [1.82, 2.24) is 24.5 Å². The number of hydrogen-bond acceptors (Lipinski definition) is 8. The van der Waals surface area contributed by atoms with E-state index < -0.39 is 59.7 Å². The fourth-order valence-corrected chi connectivity index (χ4v) is 6.27. The predicted molar refractivity (Wildman–Crippen MR) is 168 cm³/mol. The van der Waals surface area contributed by atoms with Crippen LogP contribution in [0.2, 0.25) is 5.02 Å². The highest BCUT2D eigenvalue weighted by atomic mass is 35.5. The van der Waals surface area contributed by atoms with Crippen molar-refractivity contribution in [2.24, 2.45) is 0 Å². The Morgan fingerprint density at radius 2 is 1.87 bits per heavy atom. The maximum atomic E-state index is 13.6. The highest BCUT2D eigenvalue weighted by molar-refractivity contribution is 8.18. The number of benzene rings is 2. The lowest BCUT2D eigenvalue weighted by Gasteiger charge is -2.41. The Morgan fingerprint density at radius 3 is 2.55 bits per heavy atom. The molecule has 0 radical (unpaired) electrons. The van der Waals surface area contributed by atoms with E-state index in [1.165, 1.54) is 38.9 Å². The van der Waals surface area contributed by atoms with E-state index in [4.69, 9.17) is 16.3 Å². The highest BCUT2D eigenvalue weighted by Crippen LogP contribution is 2.35. The molecule has 250 valence electrons. The molecule has 3 heterocycles. The number of thioether (sulfide) groups is 1. The summed E-state index contributed by atoms with van der Waals surface area (Å²) in [4.78, 5) is 55.2. The lowest BCUT2D eigenvalue weighted by molar-refractivity contribution is -0.138. The van der Waals surface area contributed by atoms with Crippen molar-refractivity contribution < 1.29 is 42.2 Å². The van der Waals surface area contributed by atoms with Gasteiger partial charge in [0.05, 0.1) is 41.4 Å². The maximum absolute atomic E-state index is 13.6. The normalized spacial score (nSPS) is 18.5. The minimum Gasteiger partial charge on any atom is -0.444 e. The second kappa shape index (κ2) is 13.2. The largest absolute Gasteiger partial charge is 0.444 e. The third-order valence-electron chi connectivity index (χ3n) is 7.50. The summed E-state index contributed by atoms with van der Waals surface area (Å²) >= 11 is 6.47. The van der Waals surface area contributed by atoms with E-state index >= 15 is 0 Å². The zero-order valence-corrected chi connectivity index (χ0v) is 27.2. The fourth-order valence-electron chi connectivity index (χ4n) is 5.26. The quantitative estimate of drug-likeness (QED) is 0.348. The number of fused-ring (bicyclic) bond motifs is 1. The van der Waals surface area contributed by atoms with Gasteiger partial charge in [0.25, 0.3) is 11.1 Å². The fraction of sp³-hybridized carbons (Fsp3) is 0.387. The number of aliphatic hydroxyl groups is 1. The van der Waals surface area contributed by atoms with Crippen LogP contribution < -0.4 is 0 Å². The summed E-state index contributed by atoms with van der Waals surface area (Å²) in [7, 11) is 0. The molecular formula is C31H31ClF3N5O6S. The van der Waals surface area contributed by atoms with Crippen LogP contribution in [-0.2, 0) is 27.0 Å². The average molecular weight is 694 g/mol. The van der Waals surface area contributed by atoms with Gasteiger partial charge in [0.1, 0.15) is 12.1 Å². The predicted octanol–water partition coefficient (Wildman–Crippen LogP) is 5.23. The molecule has 1 atom stereocenters. The zero-order valence-electron chi connectivity index (χ0n) is 25.6. The lowest BCUT2D eigenvalue weighted by Crippen LogP contribution is -2.59. The van der Waals surface area contributed by atoms with Gasteiger partial charge in [-0.1, -0.05) is 23.7 Å². The van der Waals surface area contributed by atoms with Crippen molar-refractivity contribution in [1.29, 1.82) is 0 Å². The number of hydrogen-bond donors (Lipinski definition) is 1. The molecule has 16 heteroatoms. The Hall–Kier alpha value is -4.08. The van der Waals surface area contributed by atoms with Crippen LogP contribution in [0.25, 0.3) is 17.0 Å². The Labute approximate surface area is 276 Å². The van der Waals surface area contributed by atoms with Crippen LogP contribution in [0.15, 0.2) is 47.5 Å². The number of carbonyl (C=O) groups is 4. The molecule has 2 aromatic carbocycles. The van der Waals surface area contributed by atoms with E-state index in [0.29, 0.717) is 28.2 Å². The second-order valence-corrected chi connectivity index (χ2v) is 13.5. The van der Waals surface area contributed by atoms with E-state index in [2.05, 4.69) is 5.10 Å². The summed E-state index contributed by atoms with van der Waals surface area (Å²) in [5.41, 5.74) is -0.497. The molecule has 2 saturated heterocycles. The molecule has 3 aromatic rings. The van der Waals surface area contributed by atoms with Crippen molar-refractivity contribution >= 4 is 63.5 Å². The smallest absolute Gasteiger partial charge is 0.416 e. The summed E-state index contributed by atoms with van der Waals surface area (Å²) in [5, 5.41) is 14.0. The lowest BCUT2D eigenvalue weighted by atomic mass is 10.1. The first-order valence-corrected chi connectivity index (χ1v) is 15.7. The zero-order chi connectivity index (χ0) is 34.3. The third kappa shape index (κ3) is 7.74. The van der Waals surface area contributed by atoms with Gasteiger partial charge in [-0.05, 0) is 74.0 Å². The molecule has 0 saturated carbocycles. The molecule has 2 aliphatic heterocycles. The topological polar surface area (TPSA) is 125 Å². The molecule has 4 amide bonds. The van der Waals surface area contributed by atoms with E-state index in [1.54, 1.807) is 39.0 Å². The van der Waals surface area contributed by atoms with Crippen molar-refractivity contribution in [3.63, 3.8) is 0 Å². The van der Waals surface area contributed by atoms with Gasteiger partial charge in [-0.2, -0.15) is 18.3 Å². The van der Waals surface area contributed by atoms with Gasteiger partial charge in [-0.3, -0.25) is 28.9 Å². The Morgan fingerprint density at radius 1 is 1.13 bits per heavy atom. The Balaban J connectivity index is 1.25. The molecule has 1 aromatic heterocycles. The average Bonchev–Trinajstić information content (AvgIpc) is 3.51. The number of rotatable bonds is 6. The van der Waals surface area contributed by atoms with Crippen LogP contribution in [0.5, 0.6) is 0 Å². The van der Waals surface area contributed by atoms with Crippen molar-refractivity contribution in [3.8, 4) is 0 Å². The van der Waals surface area contributed by atoms with Gasteiger partial charge >= 0.3 is 12.3 Å². The number of piperazine rings is 1. The first-order valence-electron chi connectivity index (χ1n) is 14.5. The molecule has 1 N–H and O–H groups in total. The number of ether oxygens (including phenoxy) is 1. The van der Waals surface area contributed by atoms with Gasteiger partial charge < -0.3 is 14.7 Å². The highest BCUT2D eigenvalue weighted by Gasteiger charge is 2.40. The first-order chi connectivity index (χ1) is 22.0. The van der Waals surface area contributed by atoms with E-state index in [-0.39, 0.29) is 41.7 Å². The number of alkyl halides is 3. The summed E-state index contributed by atoms with van der Waals surface area (Å²) < 4.78 is 47.6. The molecule has 0 bridgehead atoms. The molecule has 2 aliphatic rings. The van der Waals surface area contributed by atoms with E-state index in [0.717, 1.165) is 11.0 Å². The molecule has 11 nitrogen and oxygen atoms in total. The minimum atomic E-state index is -4.59. The van der Waals surface area contributed by atoms with Crippen LogP contribution in [0, 0.1) is 0 Å². The number of halogens is 4. The molecule has 0 unspecified atom stereocenters. The maximum Gasteiger partial charge on any atom is 0.416 e. The van der Waals surface area contributed by atoms with E-state index in [9.17, 15) is 37.5 Å². The summed E-state index contributed by atoms with van der Waals surface area (Å²) in [5.74, 6) is -1.17. The monoisotopic (exact) mass is 693 g/mol. The van der Waals surface area contributed by atoms with Crippen molar-refractivity contribution in [2.75, 3.05) is 32.8 Å². The molecule has 0 aliphatic carbocycles. The van der Waals surface area contributed by atoms with Gasteiger partial charge in [0, 0.05) is 30.0 Å². The van der Waals surface area contributed by atoms with E-state index in [1.807, 2.05) is 0 Å². The summed E-state index contributed by atoms with van der Waals surface area (Å²) in [6.45, 7) is 4.32. The van der Waals surface area contributed by atoms with Gasteiger partial charge in [0.15, 0.2) is 0 Å². The van der Waals surface area contributed by atoms with Crippen LogP contribution in [0.1, 0.15) is 37.5 Å². The number of carbonyl (C=O) groups excluding carboxylic acids is 4.